The maximum Gasteiger partial charge on any atom is -0.0383 e. The Labute approximate surface area is 171 Å². The molecule has 0 nitrogen and oxygen atoms in total. The second-order valence-corrected chi connectivity index (χ2v) is 10.9. The molecule has 158 valence electrons. The molecule has 0 radical (unpaired) electrons. The topological polar surface area (TPSA) is 0 Å². The van der Waals surface area contributed by atoms with Crippen LogP contribution in [0.15, 0.2) is 0 Å². The van der Waals surface area contributed by atoms with Crippen molar-refractivity contribution in [2.45, 2.75) is 136 Å². The lowest BCUT2D eigenvalue weighted by atomic mass is 9.64. The molecule has 0 aromatic rings. The zero-order valence-corrected chi connectivity index (χ0v) is 18.9. The van der Waals surface area contributed by atoms with Gasteiger partial charge in [-0.2, -0.15) is 0 Å². The van der Waals surface area contributed by atoms with Crippen molar-refractivity contribution in [2.24, 2.45) is 35.5 Å². The summed E-state index contributed by atoms with van der Waals surface area (Å²) in [5.74, 6) is 6.59. The number of hydrogen-bond donors (Lipinski definition) is 0. The van der Waals surface area contributed by atoms with Gasteiger partial charge < -0.3 is 0 Å². The fourth-order valence-corrected chi connectivity index (χ4v) is 7.20. The van der Waals surface area contributed by atoms with E-state index in [1.165, 1.54) is 51.4 Å². The zero-order valence-electron chi connectivity index (χ0n) is 18.9. The standard InChI is InChI=1S/C27H50/c1-3-5-6-7-8-10-23-13-15-24(16-14-23)25-17-19-26(20-18-25)27-12-9-11-22(4-2)21-27/h22-27H,3-21H2,1-2H3. The summed E-state index contributed by atoms with van der Waals surface area (Å²) in [6.07, 6.45) is 29.2. The highest BCUT2D eigenvalue weighted by molar-refractivity contribution is 4.86. The van der Waals surface area contributed by atoms with Crippen molar-refractivity contribution in [1.82, 2.24) is 0 Å². The molecule has 0 amide bonds. The first-order valence-corrected chi connectivity index (χ1v) is 13.3. The molecule has 2 unspecified atom stereocenters. The van der Waals surface area contributed by atoms with E-state index in [0.717, 1.165) is 35.5 Å². The van der Waals surface area contributed by atoms with Gasteiger partial charge in [0.05, 0.1) is 0 Å². The molecule has 3 aliphatic carbocycles. The van der Waals surface area contributed by atoms with E-state index >= 15 is 0 Å². The van der Waals surface area contributed by atoms with Crippen molar-refractivity contribution in [3.05, 3.63) is 0 Å². The highest BCUT2D eigenvalue weighted by Gasteiger charge is 2.34. The molecule has 0 heterocycles. The number of rotatable bonds is 9. The molecule has 0 heteroatoms. The van der Waals surface area contributed by atoms with Crippen LogP contribution in [0.1, 0.15) is 136 Å². The Morgan fingerprint density at radius 2 is 1.11 bits per heavy atom. The van der Waals surface area contributed by atoms with Gasteiger partial charge in [0.2, 0.25) is 0 Å². The van der Waals surface area contributed by atoms with Crippen LogP contribution in [-0.2, 0) is 0 Å². The molecular formula is C27H50. The Balaban J connectivity index is 1.30. The van der Waals surface area contributed by atoms with Crippen LogP contribution in [0.2, 0.25) is 0 Å². The van der Waals surface area contributed by atoms with E-state index in [0.29, 0.717) is 0 Å². The molecule has 3 fully saturated rings. The minimum atomic E-state index is 1.07. The third-order valence-electron chi connectivity index (χ3n) is 9.16. The lowest BCUT2D eigenvalue weighted by Gasteiger charge is -2.41. The van der Waals surface area contributed by atoms with E-state index in [4.69, 9.17) is 0 Å². The SMILES string of the molecule is CCCCCCCC1CCC(C2CCC(C3CCCC(CC)C3)CC2)CC1. The Bertz CT molecular complexity index is 369. The zero-order chi connectivity index (χ0) is 18.9. The van der Waals surface area contributed by atoms with Crippen LogP contribution < -0.4 is 0 Å². The van der Waals surface area contributed by atoms with Gasteiger partial charge >= 0.3 is 0 Å². The Morgan fingerprint density at radius 3 is 1.74 bits per heavy atom. The van der Waals surface area contributed by atoms with E-state index in [-0.39, 0.29) is 0 Å². The first kappa shape index (κ1) is 21.7. The molecule has 0 spiro atoms. The van der Waals surface area contributed by atoms with Gasteiger partial charge in [-0.25, -0.2) is 0 Å². The van der Waals surface area contributed by atoms with E-state index in [1.54, 1.807) is 70.6 Å². The summed E-state index contributed by atoms with van der Waals surface area (Å²) in [7, 11) is 0. The van der Waals surface area contributed by atoms with Gasteiger partial charge in [-0.05, 0) is 80.5 Å². The first-order chi connectivity index (χ1) is 13.3. The van der Waals surface area contributed by atoms with Crippen molar-refractivity contribution in [3.63, 3.8) is 0 Å². The normalized spacial score (nSPS) is 38.0. The number of unbranched alkanes of at least 4 members (excludes halogenated alkanes) is 4. The summed E-state index contributed by atoms with van der Waals surface area (Å²) in [6, 6.07) is 0. The van der Waals surface area contributed by atoms with Gasteiger partial charge in [0.15, 0.2) is 0 Å². The van der Waals surface area contributed by atoms with Crippen molar-refractivity contribution in [3.8, 4) is 0 Å². The molecule has 3 saturated carbocycles. The summed E-state index contributed by atoms with van der Waals surface area (Å²) >= 11 is 0. The fraction of sp³-hybridized carbons (Fsp3) is 1.00. The molecule has 0 aromatic carbocycles. The second kappa shape index (κ2) is 11.9. The van der Waals surface area contributed by atoms with E-state index in [9.17, 15) is 0 Å². The van der Waals surface area contributed by atoms with Crippen LogP contribution in [0.5, 0.6) is 0 Å². The van der Waals surface area contributed by atoms with Gasteiger partial charge in [-0.15, -0.1) is 0 Å². The number of hydrogen-bond acceptors (Lipinski definition) is 0. The van der Waals surface area contributed by atoms with Crippen LogP contribution in [0.3, 0.4) is 0 Å². The van der Waals surface area contributed by atoms with E-state index < -0.39 is 0 Å². The monoisotopic (exact) mass is 374 g/mol. The lowest BCUT2D eigenvalue weighted by Crippen LogP contribution is -2.30. The average Bonchev–Trinajstić information content (AvgIpc) is 2.74. The molecule has 0 N–H and O–H groups in total. The van der Waals surface area contributed by atoms with Gasteiger partial charge in [-0.1, -0.05) is 90.9 Å². The summed E-state index contributed by atoms with van der Waals surface area (Å²) < 4.78 is 0. The fourth-order valence-electron chi connectivity index (χ4n) is 7.20. The second-order valence-electron chi connectivity index (χ2n) is 10.9. The summed E-state index contributed by atoms with van der Waals surface area (Å²) in [4.78, 5) is 0. The molecule has 3 rings (SSSR count). The summed E-state index contributed by atoms with van der Waals surface area (Å²) in [5, 5.41) is 0. The predicted octanol–water partition coefficient (Wildman–Crippen LogP) is 9.18. The maximum atomic E-state index is 2.42. The van der Waals surface area contributed by atoms with Crippen LogP contribution in [0.25, 0.3) is 0 Å². The quantitative estimate of drug-likeness (QED) is 0.353. The summed E-state index contributed by atoms with van der Waals surface area (Å²) in [5.41, 5.74) is 0. The van der Waals surface area contributed by atoms with Crippen molar-refractivity contribution in [2.75, 3.05) is 0 Å². The smallest absolute Gasteiger partial charge is 0.0383 e. The molecule has 2 atom stereocenters. The minimum Gasteiger partial charge on any atom is -0.0654 e. The predicted molar refractivity (Wildman–Crippen MR) is 120 cm³/mol. The third kappa shape index (κ3) is 6.78. The average molecular weight is 375 g/mol. The van der Waals surface area contributed by atoms with Gasteiger partial charge in [-0.3, -0.25) is 0 Å². The highest BCUT2D eigenvalue weighted by atomic mass is 14.4. The Morgan fingerprint density at radius 1 is 0.519 bits per heavy atom. The van der Waals surface area contributed by atoms with Crippen molar-refractivity contribution < 1.29 is 0 Å². The van der Waals surface area contributed by atoms with E-state index in [2.05, 4.69) is 13.8 Å². The van der Waals surface area contributed by atoms with Gasteiger partial charge in [0.1, 0.15) is 0 Å². The molecule has 0 saturated heterocycles. The van der Waals surface area contributed by atoms with Crippen LogP contribution in [0, 0.1) is 35.5 Å². The highest BCUT2D eigenvalue weighted by Crippen LogP contribution is 2.46. The van der Waals surface area contributed by atoms with Crippen LogP contribution in [-0.4, -0.2) is 0 Å². The molecule has 27 heavy (non-hydrogen) atoms. The van der Waals surface area contributed by atoms with Gasteiger partial charge in [0, 0.05) is 0 Å². The van der Waals surface area contributed by atoms with Crippen molar-refractivity contribution >= 4 is 0 Å². The summed E-state index contributed by atoms with van der Waals surface area (Å²) in [6.45, 7) is 4.75. The van der Waals surface area contributed by atoms with Crippen LogP contribution in [0.4, 0.5) is 0 Å². The van der Waals surface area contributed by atoms with Crippen molar-refractivity contribution in [1.29, 1.82) is 0 Å². The molecule has 0 aliphatic heterocycles. The van der Waals surface area contributed by atoms with Crippen LogP contribution >= 0.6 is 0 Å². The molecule has 0 bridgehead atoms. The minimum absolute atomic E-state index is 1.07. The third-order valence-corrected chi connectivity index (χ3v) is 9.16. The Hall–Kier alpha value is 0. The molecule has 0 aromatic heterocycles. The molecular weight excluding hydrogens is 324 g/mol. The largest absolute Gasteiger partial charge is 0.0654 e. The molecule has 3 aliphatic rings. The van der Waals surface area contributed by atoms with E-state index in [1.807, 2.05) is 0 Å². The maximum absolute atomic E-state index is 2.42. The van der Waals surface area contributed by atoms with Gasteiger partial charge in [0.25, 0.3) is 0 Å². The Kier molecular flexibility index (Phi) is 9.54. The first-order valence-electron chi connectivity index (χ1n) is 13.3. The lowest BCUT2D eigenvalue weighted by molar-refractivity contribution is 0.0992.